The molecular formula is C13H7BrF2N2O2S. The van der Waals surface area contributed by atoms with E-state index in [0.29, 0.717) is 10.5 Å². The zero-order valence-corrected chi connectivity index (χ0v) is 12.7. The molecule has 2 aromatic rings. The van der Waals surface area contributed by atoms with E-state index in [4.69, 9.17) is 5.26 Å². The van der Waals surface area contributed by atoms with Gasteiger partial charge in [-0.05, 0) is 36.4 Å². The van der Waals surface area contributed by atoms with E-state index in [1.165, 1.54) is 12.1 Å². The topological polar surface area (TPSA) is 70.0 Å². The van der Waals surface area contributed by atoms with Crippen LogP contribution in [0.4, 0.5) is 14.5 Å². The monoisotopic (exact) mass is 372 g/mol. The van der Waals surface area contributed by atoms with Crippen LogP contribution in [0.5, 0.6) is 0 Å². The fourth-order valence-electron chi connectivity index (χ4n) is 1.55. The van der Waals surface area contributed by atoms with Crippen molar-refractivity contribution in [2.45, 2.75) is 4.90 Å². The van der Waals surface area contributed by atoms with E-state index in [9.17, 15) is 17.2 Å². The van der Waals surface area contributed by atoms with Crippen LogP contribution in [-0.2, 0) is 10.0 Å². The van der Waals surface area contributed by atoms with Crippen LogP contribution in [0.25, 0.3) is 0 Å². The summed E-state index contributed by atoms with van der Waals surface area (Å²) in [5.74, 6) is -2.42. The number of hydrogen-bond donors (Lipinski definition) is 1. The lowest BCUT2D eigenvalue weighted by molar-refractivity contribution is 0.504. The van der Waals surface area contributed by atoms with Gasteiger partial charge in [0.1, 0.15) is 6.07 Å². The van der Waals surface area contributed by atoms with Crippen LogP contribution < -0.4 is 4.72 Å². The van der Waals surface area contributed by atoms with Crippen LogP contribution in [0.2, 0.25) is 0 Å². The predicted molar refractivity (Wildman–Crippen MR) is 76.0 cm³/mol. The summed E-state index contributed by atoms with van der Waals surface area (Å²) in [7, 11) is -4.13. The lowest BCUT2D eigenvalue weighted by atomic mass is 10.2. The molecule has 0 aromatic heterocycles. The molecule has 0 saturated carbocycles. The van der Waals surface area contributed by atoms with Crippen molar-refractivity contribution in [3.05, 3.63) is 58.1 Å². The molecule has 0 fully saturated rings. The van der Waals surface area contributed by atoms with Crippen LogP contribution in [0.1, 0.15) is 5.56 Å². The fourth-order valence-corrected chi connectivity index (χ4v) is 2.99. The Morgan fingerprint density at radius 2 is 1.81 bits per heavy atom. The van der Waals surface area contributed by atoms with Gasteiger partial charge in [-0.2, -0.15) is 5.26 Å². The summed E-state index contributed by atoms with van der Waals surface area (Å²) >= 11 is 3.16. The quantitative estimate of drug-likeness (QED) is 0.897. The van der Waals surface area contributed by atoms with E-state index in [0.717, 1.165) is 12.1 Å². The first kappa shape index (κ1) is 15.4. The van der Waals surface area contributed by atoms with Gasteiger partial charge in [0.2, 0.25) is 0 Å². The Balaban J connectivity index is 2.45. The zero-order valence-electron chi connectivity index (χ0n) is 10.3. The molecular weight excluding hydrogens is 366 g/mol. The Morgan fingerprint density at radius 3 is 2.43 bits per heavy atom. The second kappa shape index (κ2) is 5.79. The fraction of sp³-hybridized carbons (Fsp3) is 0. The van der Waals surface area contributed by atoms with Crippen molar-refractivity contribution in [2.75, 3.05) is 4.72 Å². The van der Waals surface area contributed by atoms with Gasteiger partial charge in [0.25, 0.3) is 10.0 Å². The third-order valence-electron chi connectivity index (χ3n) is 2.55. The molecule has 0 amide bonds. The second-order valence-corrected chi connectivity index (χ2v) is 6.58. The Kier molecular flexibility index (Phi) is 4.25. The van der Waals surface area contributed by atoms with Gasteiger partial charge in [0.05, 0.1) is 16.1 Å². The summed E-state index contributed by atoms with van der Waals surface area (Å²) in [6, 6.07) is 8.46. The Morgan fingerprint density at radius 1 is 1.10 bits per heavy atom. The van der Waals surface area contributed by atoms with Crippen LogP contribution in [-0.4, -0.2) is 8.42 Å². The minimum atomic E-state index is -4.13. The highest BCUT2D eigenvalue weighted by molar-refractivity contribution is 9.10. The van der Waals surface area contributed by atoms with Gasteiger partial charge in [-0.3, -0.25) is 4.72 Å². The molecule has 2 aromatic carbocycles. The molecule has 0 atom stereocenters. The number of nitrogens with one attached hydrogen (secondary N) is 1. The molecule has 21 heavy (non-hydrogen) atoms. The average molecular weight is 373 g/mol. The Labute approximate surface area is 128 Å². The number of halogens is 3. The Hall–Kier alpha value is -1.98. The van der Waals surface area contributed by atoms with Crippen LogP contribution in [0.3, 0.4) is 0 Å². The van der Waals surface area contributed by atoms with Crippen molar-refractivity contribution in [3.8, 4) is 6.07 Å². The number of sulfonamides is 1. The normalized spacial score (nSPS) is 11.0. The second-order valence-electron chi connectivity index (χ2n) is 3.98. The molecule has 0 bridgehead atoms. The molecule has 0 aliphatic carbocycles. The van der Waals surface area contributed by atoms with Gasteiger partial charge in [0, 0.05) is 4.47 Å². The minimum absolute atomic E-state index is 0.0385. The number of rotatable bonds is 3. The maximum atomic E-state index is 13.1. The van der Waals surface area contributed by atoms with Gasteiger partial charge in [-0.1, -0.05) is 15.9 Å². The first-order valence-electron chi connectivity index (χ1n) is 5.51. The SMILES string of the molecule is N#Cc1ccc(Br)cc1NS(=O)(=O)c1ccc(F)c(F)c1. The van der Waals surface area contributed by atoms with E-state index in [2.05, 4.69) is 20.7 Å². The van der Waals surface area contributed by atoms with Crippen molar-refractivity contribution in [1.29, 1.82) is 5.26 Å². The smallest absolute Gasteiger partial charge is 0.262 e. The largest absolute Gasteiger partial charge is 0.278 e. The number of nitrogens with zero attached hydrogens (tertiary/aromatic N) is 1. The summed E-state index contributed by atoms with van der Waals surface area (Å²) in [4.78, 5) is -0.440. The summed E-state index contributed by atoms with van der Waals surface area (Å²) in [5, 5.41) is 8.95. The molecule has 8 heteroatoms. The minimum Gasteiger partial charge on any atom is -0.278 e. The van der Waals surface area contributed by atoms with Gasteiger partial charge in [-0.25, -0.2) is 17.2 Å². The van der Waals surface area contributed by atoms with Crippen molar-refractivity contribution in [2.24, 2.45) is 0 Å². The molecule has 0 radical (unpaired) electrons. The van der Waals surface area contributed by atoms with Crippen LogP contribution in [0, 0.1) is 23.0 Å². The van der Waals surface area contributed by atoms with E-state index in [-0.39, 0.29) is 11.3 Å². The highest BCUT2D eigenvalue weighted by Gasteiger charge is 2.18. The first-order chi connectivity index (χ1) is 9.83. The van der Waals surface area contributed by atoms with E-state index in [1.807, 2.05) is 6.07 Å². The van der Waals surface area contributed by atoms with Crippen molar-refractivity contribution in [3.63, 3.8) is 0 Å². The third kappa shape index (κ3) is 3.37. The zero-order chi connectivity index (χ0) is 15.6. The van der Waals surface area contributed by atoms with E-state index in [1.54, 1.807) is 6.07 Å². The van der Waals surface area contributed by atoms with Gasteiger partial charge in [-0.15, -0.1) is 0 Å². The lowest BCUT2D eigenvalue weighted by Gasteiger charge is -2.10. The van der Waals surface area contributed by atoms with Crippen LogP contribution >= 0.6 is 15.9 Å². The standard InChI is InChI=1S/C13H7BrF2N2O2S/c14-9-2-1-8(7-17)13(5-9)18-21(19,20)10-3-4-11(15)12(16)6-10/h1-6,18H. The highest BCUT2D eigenvalue weighted by Crippen LogP contribution is 2.24. The number of hydrogen-bond acceptors (Lipinski definition) is 3. The van der Waals surface area contributed by atoms with Crippen LogP contribution in [0.15, 0.2) is 45.8 Å². The molecule has 0 unspecified atom stereocenters. The molecule has 0 saturated heterocycles. The summed E-state index contributed by atoms with van der Waals surface area (Å²) in [6.07, 6.45) is 0. The molecule has 2 rings (SSSR count). The van der Waals surface area contributed by atoms with Gasteiger partial charge in [0.15, 0.2) is 11.6 Å². The van der Waals surface area contributed by atoms with Crippen molar-refractivity contribution < 1.29 is 17.2 Å². The maximum Gasteiger partial charge on any atom is 0.262 e. The lowest BCUT2D eigenvalue weighted by Crippen LogP contribution is -2.14. The molecule has 0 aliphatic heterocycles. The highest BCUT2D eigenvalue weighted by atomic mass is 79.9. The molecule has 1 N–H and O–H groups in total. The maximum absolute atomic E-state index is 13.1. The average Bonchev–Trinajstić information content (AvgIpc) is 2.41. The van der Waals surface area contributed by atoms with Crippen molar-refractivity contribution >= 4 is 31.6 Å². The molecule has 108 valence electrons. The summed E-state index contributed by atoms with van der Waals surface area (Å²) in [5.41, 5.74) is 0.140. The van der Waals surface area contributed by atoms with Crippen molar-refractivity contribution in [1.82, 2.24) is 0 Å². The molecule has 0 heterocycles. The number of anilines is 1. The number of nitriles is 1. The van der Waals surface area contributed by atoms with E-state index >= 15 is 0 Å². The predicted octanol–water partition coefficient (Wildman–Crippen LogP) is 3.40. The molecule has 0 aliphatic rings. The third-order valence-corrected chi connectivity index (χ3v) is 4.40. The van der Waals surface area contributed by atoms with E-state index < -0.39 is 26.6 Å². The Bertz CT molecular complexity index is 848. The molecule has 4 nitrogen and oxygen atoms in total. The van der Waals surface area contributed by atoms with Gasteiger partial charge < -0.3 is 0 Å². The first-order valence-corrected chi connectivity index (χ1v) is 7.78. The molecule has 0 spiro atoms. The summed E-state index contributed by atoms with van der Waals surface area (Å²) < 4.78 is 52.9. The number of benzene rings is 2. The summed E-state index contributed by atoms with van der Waals surface area (Å²) in [6.45, 7) is 0. The van der Waals surface area contributed by atoms with Gasteiger partial charge >= 0.3 is 0 Å².